The smallest absolute Gasteiger partial charge is 0.275 e. The standard InChI is InChI=1S/C22H23N3O3/c1-23-22(28)20-21(27)19(26)13-25(24-20)12-18-16-8-4-2-6-14(16)10-11-15-7-3-5-9-17(15)18/h2-4,6-8,13,18,26H,5,9-12H2,1H3,(H,23,28). The maximum Gasteiger partial charge on any atom is 0.275 e. The van der Waals surface area contributed by atoms with E-state index in [1.807, 2.05) is 6.07 Å². The first-order chi connectivity index (χ1) is 13.6. The fourth-order valence-electron chi connectivity index (χ4n) is 4.21. The molecule has 1 amide bonds. The van der Waals surface area contributed by atoms with Gasteiger partial charge in [-0.3, -0.25) is 14.3 Å². The number of aryl methyl sites for hydroxylation is 1. The van der Waals surface area contributed by atoms with E-state index in [2.05, 4.69) is 40.8 Å². The van der Waals surface area contributed by atoms with Crippen molar-refractivity contribution in [3.8, 4) is 5.75 Å². The van der Waals surface area contributed by atoms with Gasteiger partial charge in [0.2, 0.25) is 0 Å². The summed E-state index contributed by atoms with van der Waals surface area (Å²) in [6.07, 6.45) is 9.75. The van der Waals surface area contributed by atoms with E-state index in [4.69, 9.17) is 0 Å². The van der Waals surface area contributed by atoms with Crippen LogP contribution in [0.1, 0.15) is 46.8 Å². The average Bonchev–Trinajstić information content (AvgIpc) is 2.87. The molecular formula is C22H23N3O3. The zero-order valence-corrected chi connectivity index (χ0v) is 15.8. The maximum absolute atomic E-state index is 12.1. The van der Waals surface area contributed by atoms with E-state index in [1.54, 1.807) is 0 Å². The first-order valence-corrected chi connectivity index (χ1v) is 9.57. The van der Waals surface area contributed by atoms with Gasteiger partial charge in [0, 0.05) is 13.0 Å². The Kier molecular flexibility index (Phi) is 4.86. The fourth-order valence-corrected chi connectivity index (χ4v) is 4.21. The highest BCUT2D eigenvalue weighted by Gasteiger charge is 2.27. The third kappa shape index (κ3) is 3.26. The Bertz CT molecular complexity index is 1050. The van der Waals surface area contributed by atoms with Crippen LogP contribution < -0.4 is 10.7 Å². The summed E-state index contributed by atoms with van der Waals surface area (Å²) >= 11 is 0. The van der Waals surface area contributed by atoms with Gasteiger partial charge in [0.25, 0.3) is 11.3 Å². The second kappa shape index (κ2) is 7.46. The summed E-state index contributed by atoms with van der Waals surface area (Å²) in [7, 11) is 1.44. The highest BCUT2D eigenvalue weighted by molar-refractivity contribution is 5.92. The minimum Gasteiger partial charge on any atom is -0.503 e. The van der Waals surface area contributed by atoms with Crippen LogP contribution in [0.5, 0.6) is 5.75 Å². The predicted octanol–water partition coefficient (Wildman–Crippen LogP) is 2.69. The lowest BCUT2D eigenvalue weighted by Crippen LogP contribution is -2.30. The van der Waals surface area contributed by atoms with E-state index in [0.29, 0.717) is 6.54 Å². The number of fused-ring (bicyclic) bond motifs is 1. The van der Waals surface area contributed by atoms with Crippen LogP contribution >= 0.6 is 0 Å². The van der Waals surface area contributed by atoms with Gasteiger partial charge >= 0.3 is 0 Å². The van der Waals surface area contributed by atoms with E-state index in [-0.39, 0.29) is 11.6 Å². The number of amides is 1. The van der Waals surface area contributed by atoms with Gasteiger partial charge in [0.1, 0.15) is 0 Å². The minimum absolute atomic E-state index is 0.0885. The molecule has 1 unspecified atom stereocenters. The molecule has 1 aromatic heterocycles. The molecule has 0 bridgehead atoms. The van der Waals surface area contributed by atoms with E-state index in [1.165, 1.54) is 40.2 Å². The molecule has 2 N–H and O–H groups in total. The molecule has 0 saturated carbocycles. The number of nitrogens with one attached hydrogen (secondary N) is 1. The van der Waals surface area contributed by atoms with Gasteiger partial charge in [-0.2, -0.15) is 5.10 Å². The van der Waals surface area contributed by atoms with Gasteiger partial charge in [0.15, 0.2) is 11.4 Å². The summed E-state index contributed by atoms with van der Waals surface area (Å²) in [5, 5.41) is 16.7. The molecule has 0 aliphatic heterocycles. The van der Waals surface area contributed by atoms with Crippen molar-refractivity contribution in [3.63, 3.8) is 0 Å². The van der Waals surface area contributed by atoms with Crippen LogP contribution in [0.2, 0.25) is 0 Å². The number of aromatic hydroxyl groups is 1. The first kappa shape index (κ1) is 18.2. The maximum atomic E-state index is 12.1. The van der Waals surface area contributed by atoms with Gasteiger partial charge < -0.3 is 10.4 Å². The number of hydrogen-bond donors (Lipinski definition) is 2. The SMILES string of the molecule is CNC(=O)c1nn(CC2C3=C(C=CCC3)CCc3ccccc32)cc(O)c1=O. The number of hydrogen-bond acceptors (Lipinski definition) is 4. The molecule has 6 heteroatoms. The Morgan fingerprint density at radius 3 is 2.93 bits per heavy atom. The lowest BCUT2D eigenvalue weighted by atomic mass is 9.83. The molecule has 2 aromatic rings. The molecule has 0 spiro atoms. The average molecular weight is 377 g/mol. The lowest BCUT2D eigenvalue weighted by molar-refractivity contribution is 0.0953. The number of rotatable bonds is 3. The van der Waals surface area contributed by atoms with Crippen LogP contribution in [0.15, 0.2) is 58.6 Å². The molecule has 6 nitrogen and oxygen atoms in total. The fraction of sp³-hybridized carbons (Fsp3) is 0.318. The van der Waals surface area contributed by atoms with Gasteiger partial charge in [-0.15, -0.1) is 0 Å². The van der Waals surface area contributed by atoms with E-state index < -0.39 is 17.1 Å². The predicted molar refractivity (Wildman–Crippen MR) is 106 cm³/mol. The van der Waals surface area contributed by atoms with Crippen LogP contribution in [0.3, 0.4) is 0 Å². The molecule has 1 atom stereocenters. The number of carbonyl (C=O) groups excluding carboxylic acids is 1. The molecular weight excluding hydrogens is 354 g/mol. The van der Waals surface area contributed by atoms with Gasteiger partial charge in [-0.25, -0.2) is 0 Å². The zero-order valence-electron chi connectivity index (χ0n) is 15.8. The summed E-state index contributed by atoms with van der Waals surface area (Å²) in [5.74, 6) is -0.977. The van der Waals surface area contributed by atoms with Gasteiger partial charge in [-0.05, 0) is 42.4 Å². The molecule has 0 radical (unpaired) electrons. The molecule has 144 valence electrons. The quantitative estimate of drug-likeness (QED) is 0.861. The monoisotopic (exact) mass is 377 g/mol. The number of aromatic nitrogens is 2. The normalized spacial score (nSPS) is 18.2. The first-order valence-electron chi connectivity index (χ1n) is 9.57. The molecule has 28 heavy (non-hydrogen) atoms. The van der Waals surface area contributed by atoms with Crippen molar-refractivity contribution in [1.82, 2.24) is 15.1 Å². The van der Waals surface area contributed by atoms with Crippen molar-refractivity contribution >= 4 is 5.91 Å². The van der Waals surface area contributed by atoms with Crippen molar-refractivity contribution in [2.45, 2.75) is 38.1 Å². The second-order valence-corrected chi connectivity index (χ2v) is 7.24. The van der Waals surface area contributed by atoms with Gasteiger partial charge in [0.05, 0.1) is 12.7 Å². The van der Waals surface area contributed by atoms with Crippen LogP contribution in [0.25, 0.3) is 0 Å². The number of benzene rings is 1. The van der Waals surface area contributed by atoms with E-state index in [9.17, 15) is 14.7 Å². The number of carbonyl (C=O) groups is 1. The summed E-state index contributed by atoms with van der Waals surface area (Å²) in [4.78, 5) is 24.1. The van der Waals surface area contributed by atoms with E-state index in [0.717, 1.165) is 25.7 Å². The Morgan fingerprint density at radius 1 is 1.29 bits per heavy atom. The van der Waals surface area contributed by atoms with Gasteiger partial charge in [-0.1, -0.05) is 42.0 Å². The highest BCUT2D eigenvalue weighted by atomic mass is 16.3. The van der Waals surface area contributed by atoms with Crippen molar-refractivity contribution in [2.24, 2.45) is 0 Å². The summed E-state index contributed by atoms with van der Waals surface area (Å²) in [5.41, 5.74) is 4.27. The number of allylic oxidation sites excluding steroid dienone is 4. The van der Waals surface area contributed by atoms with E-state index >= 15 is 0 Å². The van der Waals surface area contributed by atoms with Crippen LogP contribution in [0.4, 0.5) is 0 Å². The zero-order chi connectivity index (χ0) is 19.7. The minimum atomic E-state index is -0.752. The molecule has 0 saturated heterocycles. The summed E-state index contributed by atoms with van der Waals surface area (Å²) in [6, 6.07) is 8.42. The Labute approximate surface area is 163 Å². The van der Waals surface area contributed by atoms with Crippen molar-refractivity contribution in [2.75, 3.05) is 7.05 Å². The molecule has 1 heterocycles. The second-order valence-electron chi connectivity index (χ2n) is 7.24. The topological polar surface area (TPSA) is 84.2 Å². The van der Waals surface area contributed by atoms with Crippen LogP contribution in [0, 0.1) is 0 Å². The third-order valence-electron chi connectivity index (χ3n) is 5.59. The number of nitrogens with zero attached hydrogens (tertiary/aromatic N) is 2. The van der Waals surface area contributed by atoms with Crippen LogP contribution in [-0.4, -0.2) is 27.8 Å². The molecule has 0 fully saturated rings. The molecule has 2 aliphatic carbocycles. The van der Waals surface area contributed by atoms with Crippen molar-refractivity contribution in [3.05, 3.63) is 80.8 Å². The molecule has 2 aliphatic rings. The Balaban J connectivity index is 1.81. The van der Waals surface area contributed by atoms with Crippen molar-refractivity contribution in [1.29, 1.82) is 0 Å². The molecule has 4 rings (SSSR count). The Hall–Kier alpha value is -3.15. The highest BCUT2D eigenvalue weighted by Crippen LogP contribution is 2.40. The van der Waals surface area contributed by atoms with Crippen molar-refractivity contribution < 1.29 is 9.90 Å². The largest absolute Gasteiger partial charge is 0.503 e. The van der Waals surface area contributed by atoms with Crippen LogP contribution in [-0.2, 0) is 13.0 Å². The Morgan fingerprint density at radius 2 is 2.11 bits per heavy atom. The summed E-state index contributed by atoms with van der Waals surface area (Å²) < 4.78 is 1.52. The summed E-state index contributed by atoms with van der Waals surface area (Å²) in [6.45, 7) is 0.460. The molecule has 1 aromatic carbocycles. The lowest BCUT2D eigenvalue weighted by Gasteiger charge is -2.25. The third-order valence-corrected chi connectivity index (χ3v) is 5.59.